The predicted molar refractivity (Wildman–Crippen MR) is 91.4 cm³/mol. The molecule has 1 unspecified atom stereocenters. The van der Waals surface area contributed by atoms with Gasteiger partial charge in [-0.3, -0.25) is 4.79 Å². The molecule has 24 heavy (non-hydrogen) atoms. The van der Waals surface area contributed by atoms with Crippen LogP contribution in [0.15, 0.2) is 54.7 Å². The van der Waals surface area contributed by atoms with E-state index in [9.17, 15) is 9.90 Å². The van der Waals surface area contributed by atoms with Crippen molar-refractivity contribution in [3.8, 4) is 6.07 Å². The van der Waals surface area contributed by atoms with E-state index in [1.165, 1.54) is 6.07 Å². The van der Waals surface area contributed by atoms with Gasteiger partial charge in [0.05, 0.1) is 17.7 Å². The fourth-order valence-corrected chi connectivity index (χ4v) is 2.77. The van der Waals surface area contributed by atoms with Crippen molar-refractivity contribution >= 4 is 16.8 Å². The standard InChI is InChI=1S/C19H17N3O2/c1-22-12-16(15-7-2-3-8-17(15)22)18(23)11-21-19(24)14-6-4-5-13(9-14)10-20/h2-9,12,18,23H,11H2,1H3,(H,21,24). The average molecular weight is 319 g/mol. The minimum absolute atomic E-state index is 0.101. The first-order valence-corrected chi connectivity index (χ1v) is 7.60. The van der Waals surface area contributed by atoms with Crippen molar-refractivity contribution in [1.29, 1.82) is 5.26 Å². The molecule has 120 valence electrons. The molecule has 1 heterocycles. The second-order valence-corrected chi connectivity index (χ2v) is 5.63. The average Bonchev–Trinajstić information content (AvgIpc) is 2.96. The lowest BCUT2D eigenvalue weighted by Crippen LogP contribution is -2.28. The summed E-state index contributed by atoms with van der Waals surface area (Å²) in [5.74, 6) is -0.314. The molecule has 2 aromatic carbocycles. The van der Waals surface area contributed by atoms with E-state index in [2.05, 4.69) is 5.32 Å². The van der Waals surface area contributed by atoms with Gasteiger partial charge in [0.25, 0.3) is 5.91 Å². The number of aliphatic hydroxyl groups is 1. The molecular weight excluding hydrogens is 302 g/mol. The van der Waals surface area contributed by atoms with Crippen LogP contribution >= 0.6 is 0 Å². The summed E-state index contributed by atoms with van der Waals surface area (Å²) in [5.41, 5.74) is 2.63. The Morgan fingerprint density at radius 2 is 2.08 bits per heavy atom. The summed E-state index contributed by atoms with van der Waals surface area (Å²) >= 11 is 0. The molecule has 0 saturated heterocycles. The molecule has 0 bridgehead atoms. The minimum atomic E-state index is -0.806. The van der Waals surface area contributed by atoms with Gasteiger partial charge in [-0.2, -0.15) is 5.26 Å². The Kier molecular flexibility index (Phi) is 4.32. The number of nitrogens with one attached hydrogen (secondary N) is 1. The van der Waals surface area contributed by atoms with Crippen LogP contribution in [-0.2, 0) is 7.05 Å². The van der Waals surface area contributed by atoms with Crippen LogP contribution in [0.3, 0.4) is 0 Å². The topological polar surface area (TPSA) is 78.0 Å². The Morgan fingerprint density at radius 3 is 2.88 bits per heavy atom. The highest BCUT2D eigenvalue weighted by Gasteiger charge is 2.16. The normalized spacial score (nSPS) is 11.9. The van der Waals surface area contributed by atoms with Gasteiger partial charge >= 0.3 is 0 Å². The van der Waals surface area contributed by atoms with Gasteiger partial charge in [0.1, 0.15) is 0 Å². The van der Waals surface area contributed by atoms with Crippen LogP contribution in [0, 0.1) is 11.3 Å². The fourth-order valence-electron chi connectivity index (χ4n) is 2.77. The molecule has 0 aliphatic rings. The zero-order valence-corrected chi connectivity index (χ0v) is 13.2. The molecule has 0 fully saturated rings. The maximum atomic E-state index is 12.2. The van der Waals surface area contributed by atoms with Crippen molar-refractivity contribution in [2.75, 3.05) is 6.54 Å². The number of para-hydroxylation sites is 1. The second-order valence-electron chi connectivity index (χ2n) is 5.63. The van der Waals surface area contributed by atoms with Gasteiger partial charge in [0, 0.05) is 41.8 Å². The summed E-state index contributed by atoms with van der Waals surface area (Å²) in [7, 11) is 1.92. The first-order valence-electron chi connectivity index (χ1n) is 7.60. The van der Waals surface area contributed by atoms with Crippen LogP contribution in [0.1, 0.15) is 27.6 Å². The van der Waals surface area contributed by atoms with Crippen LogP contribution in [0.4, 0.5) is 0 Å². The molecule has 1 atom stereocenters. The van der Waals surface area contributed by atoms with E-state index in [0.717, 1.165) is 16.5 Å². The third kappa shape index (κ3) is 3.00. The van der Waals surface area contributed by atoms with Crippen molar-refractivity contribution in [3.05, 3.63) is 71.4 Å². The Labute approximate surface area is 139 Å². The molecular formula is C19H17N3O2. The lowest BCUT2D eigenvalue weighted by molar-refractivity contribution is 0.0917. The van der Waals surface area contributed by atoms with Crippen molar-refractivity contribution in [3.63, 3.8) is 0 Å². The molecule has 5 heteroatoms. The van der Waals surface area contributed by atoms with E-state index in [4.69, 9.17) is 5.26 Å². The Balaban J connectivity index is 1.74. The number of hydrogen-bond acceptors (Lipinski definition) is 3. The largest absolute Gasteiger partial charge is 0.386 e. The lowest BCUT2D eigenvalue weighted by atomic mass is 10.1. The molecule has 0 aliphatic carbocycles. The van der Waals surface area contributed by atoms with Gasteiger partial charge in [-0.25, -0.2) is 0 Å². The lowest BCUT2D eigenvalue weighted by Gasteiger charge is -2.11. The molecule has 3 aromatic rings. The molecule has 2 N–H and O–H groups in total. The number of carbonyl (C=O) groups is 1. The third-order valence-corrected chi connectivity index (χ3v) is 4.00. The van der Waals surface area contributed by atoms with Crippen molar-refractivity contribution in [2.24, 2.45) is 7.05 Å². The number of aromatic nitrogens is 1. The van der Waals surface area contributed by atoms with Gasteiger partial charge in [0.2, 0.25) is 0 Å². The van der Waals surface area contributed by atoms with Crippen molar-refractivity contribution in [1.82, 2.24) is 9.88 Å². The summed E-state index contributed by atoms with van der Waals surface area (Å²) in [5, 5.41) is 23.0. The zero-order valence-electron chi connectivity index (χ0n) is 13.2. The van der Waals surface area contributed by atoms with Gasteiger partial charge in [-0.05, 0) is 24.3 Å². The van der Waals surface area contributed by atoms with E-state index in [0.29, 0.717) is 11.1 Å². The highest BCUT2D eigenvalue weighted by atomic mass is 16.3. The van der Waals surface area contributed by atoms with E-state index in [1.807, 2.05) is 48.1 Å². The molecule has 0 saturated carbocycles. The first kappa shape index (κ1) is 15.8. The molecule has 3 rings (SSSR count). The maximum absolute atomic E-state index is 12.2. The Bertz CT molecular complexity index is 937. The van der Waals surface area contributed by atoms with Gasteiger partial charge < -0.3 is 15.0 Å². The maximum Gasteiger partial charge on any atom is 0.251 e. The van der Waals surface area contributed by atoms with Gasteiger partial charge in [-0.1, -0.05) is 24.3 Å². The minimum Gasteiger partial charge on any atom is -0.386 e. The Hall–Kier alpha value is -3.10. The van der Waals surface area contributed by atoms with E-state index < -0.39 is 6.10 Å². The van der Waals surface area contributed by atoms with E-state index >= 15 is 0 Å². The molecule has 0 spiro atoms. The number of hydrogen-bond donors (Lipinski definition) is 2. The number of carbonyl (C=O) groups excluding carboxylic acids is 1. The molecule has 5 nitrogen and oxygen atoms in total. The number of fused-ring (bicyclic) bond motifs is 1. The number of benzene rings is 2. The quantitative estimate of drug-likeness (QED) is 0.775. The summed E-state index contributed by atoms with van der Waals surface area (Å²) in [6.45, 7) is 0.101. The third-order valence-electron chi connectivity index (χ3n) is 4.00. The van der Waals surface area contributed by atoms with Crippen molar-refractivity contribution in [2.45, 2.75) is 6.10 Å². The van der Waals surface area contributed by atoms with Crippen LogP contribution in [0.25, 0.3) is 10.9 Å². The summed E-state index contributed by atoms with van der Waals surface area (Å²) < 4.78 is 1.95. The predicted octanol–water partition coefficient (Wildman–Crippen LogP) is 2.51. The monoisotopic (exact) mass is 319 g/mol. The van der Waals surface area contributed by atoms with Crippen LogP contribution in [0.5, 0.6) is 0 Å². The van der Waals surface area contributed by atoms with E-state index in [-0.39, 0.29) is 12.5 Å². The van der Waals surface area contributed by atoms with E-state index in [1.54, 1.807) is 18.2 Å². The molecule has 0 aliphatic heterocycles. The number of aliphatic hydroxyl groups excluding tert-OH is 1. The molecule has 1 amide bonds. The van der Waals surface area contributed by atoms with Gasteiger partial charge in [0.15, 0.2) is 0 Å². The van der Waals surface area contributed by atoms with Crippen LogP contribution < -0.4 is 5.32 Å². The highest BCUT2D eigenvalue weighted by Crippen LogP contribution is 2.25. The number of amides is 1. The number of nitriles is 1. The fraction of sp³-hybridized carbons (Fsp3) is 0.158. The summed E-state index contributed by atoms with van der Waals surface area (Å²) in [6, 6.07) is 16.3. The zero-order chi connectivity index (χ0) is 17.1. The smallest absolute Gasteiger partial charge is 0.251 e. The number of nitrogens with zero attached hydrogens (tertiary/aromatic N) is 2. The summed E-state index contributed by atoms with van der Waals surface area (Å²) in [4.78, 5) is 12.2. The number of rotatable bonds is 4. The molecule has 0 radical (unpaired) electrons. The molecule has 1 aromatic heterocycles. The summed E-state index contributed by atoms with van der Waals surface area (Å²) in [6.07, 6.45) is 1.07. The van der Waals surface area contributed by atoms with Crippen molar-refractivity contribution < 1.29 is 9.90 Å². The van der Waals surface area contributed by atoms with Gasteiger partial charge in [-0.15, -0.1) is 0 Å². The first-order chi connectivity index (χ1) is 11.6. The highest BCUT2D eigenvalue weighted by molar-refractivity contribution is 5.94. The SMILES string of the molecule is Cn1cc(C(O)CNC(=O)c2cccc(C#N)c2)c2ccccc21. The second kappa shape index (κ2) is 6.57. The van der Waals surface area contributed by atoms with Crippen LogP contribution in [0.2, 0.25) is 0 Å². The number of aryl methyl sites for hydroxylation is 1. The Morgan fingerprint density at radius 1 is 1.29 bits per heavy atom. The van der Waals surface area contributed by atoms with Crippen LogP contribution in [-0.4, -0.2) is 22.1 Å².